The number of aliphatic hydroxyl groups excluding tert-OH is 6. The second-order valence-electron chi connectivity index (χ2n) is 6.79. The average molecular weight is 350 g/mol. The summed E-state index contributed by atoms with van der Waals surface area (Å²) < 4.78 is 11.1. The molecule has 2 aliphatic rings. The minimum atomic E-state index is -0.936. The summed E-state index contributed by atoms with van der Waals surface area (Å²) in [6, 6.07) is 0. The normalized spacial score (nSPS) is 35.8. The van der Waals surface area contributed by atoms with Crippen LogP contribution in [0, 0.1) is 0 Å². The molecule has 0 unspecified atom stereocenters. The highest BCUT2D eigenvalue weighted by Gasteiger charge is 2.37. The number of rotatable bonds is 9. The molecule has 0 saturated carbocycles. The second kappa shape index (κ2) is 9.40. The van der Waals surface area contributed by atoms with Crippen LogP contribution in [-0.2, 0) is 9.47 Å². The first kappa shape index (κ1) is 20.0. The van der Waals surface area contributed by atoms with Crippen molar-refractivity contribution in [1.29, 1.82) is 0 Å². The number of aliphatic hydroxyl groups is 6. The maximum Gasteiger partial charge on any atom is 0.103 e. The molecule has 8 nitrogen and oxygen atoms in total. The molecular formula is C16H30O8. The molecule has 0 aromatic heterocycles. The van der Waals surface area contributed by atoms with Crippen molar-refractivity contribution in [2.45, 2.75) is 87.4 Å². The fourth-order valence-corrected chi connectivity index (χ4v) is 3.46. The van der Waals surface area contributed by atoms with E-state index in [0.717, 1.165) is 0 Å². The van der Waals surface area contributed by atoms with Gasteiger partial charge in [-0.05, 0) is 38.5 Å². The SMILES string of the molecule is OC[C@H](O)[C@H]1CC[C@@H]([C@@H](O)CC[C@H](O)[C@@H]2CC[C@H]([C@@H](O)CO)O2)O1. The summed E-state index contributed by atoms with van der Waals surface area (Å²) >= 11 is 0. The molecule has 0 aromatic rings. The van der Waals surface area contributed by atoms with Crippen LogP contribution in [0.5, 0.6) is 0 Å². The third-order valence-electron chi connectivity index (χ3n) is 5.02. The Morgan fingerprint density at radius 3 is 1.17 bits per heavy atom. The van der Waals surface area contributed by atoms with Gasteiger partial charge in [-0.2, -0.15) is 0 Å². The summed E-state index contributed by atoms with van der Waals surface area (Å²) in [7, 11) is 0. The van der Waals surface area contributed by atoms with Gasteiger partial charge in [0.1, 0.15) is 12.2 Å². The van der Waals surface area contributed by atoms with Crippen LogP contribution < -0.4 is 0 Å². The van der Waals surface area contributed by atoms with Crippen LogP contribution in [0.1, 0.15) is 38.5 Å². The van der Waals surface area contributed by atoms with Gasteiger partial charge >= 0.3 is 0 Å². The molecule has 0 spiro atoms. The van der Waals surface area contributed by atoms with E-state index in [0.29, 0.717) is 38.5 Å². The third-order valence-corrected chi connectivity index (χ3v) is 5.02. The molecule has 8 heteroatoms. The Bertz CT molecular complexity index is 334. The predicted molar refractivity (Wildman–Crippen MR) is 83.2 cm³/mol. The molecule has 0 aliphatic carbocycles. The molecule has 2 rings (SSSR count). The lowest BCUT2D eigenvalue weighted by Crippen LogP contribution is -2.35. The minimum Gasteiger partial charge on any atom is -0.394 e. The van der Waals surface area contributed by atoms with Gasteiger partial charge in [-0.3, -0.25) is 0 Å². The smallest absolute Gasteiger partial charge is 0.103 e. The maximum absolute atomic E-state index is 10.2. The van der Waals surface area contributed by atoms with Crippen molar-refractivity contribution < 1.29 is 40.1 Å². The van der Waals surface area contributed by atoms with E-state index >= 15 is 0 Å². The first-order chi connectivity index (χ1) is 11.5. The Morgan fingerprint density at radius 1 is 0.583 bits per heavy atom. The van der Waals surface area contributed by atoms with Crippen molar-refractivity contribution >= 4 is 0 Å². The average Bonchev–Trinajstić information content (AvgIpc) is 3.27. The predicted octanol–water partition coefficient (Wildman–Crippen LogP) is -1.71. The molecule has 24 heavy (non-hydrogen) atoms. The molecule has 2 aliphatic heterocycles. The van der Waals surface area contributed by atoms with Gasteiger partial charge in [0.15, 0.2) is 0 Å². The highest BCUT2D eigenvalue weighted by atomic mass is 16.5. The van der Waals surface area contributed by atoms with Crippen molar-refractivity contribution in [1.82, 2.24) is 0 Å². The first-order valence-corrected chi connectivity index (χ1v) is 8.71. The van der Waals surface area contributed by atoms with Crippen LogP contribution in [0.2, 0.25) is 0 Å². The zero-order chi connectivity index (χ0) is 17.7. The van der Waals surface area contributed by atoms with Crippen LogP contribution in [0.15, 0.2) is 0 Å². The minimum absolute atomic E-state index is 0.334. The van der Waals surface area contributed by atoms with E-state index < -0.39 is 48.8 Å². The summed E-state index contributed by atoms with van der Waals surface area (Å²) in [4.78, 5) is 0. The van der Waals surface area contributed by atoms with Crippen molar-refractivity contribution in [3.8, 4) is 0 Å². The van der Waals surface area contributed by atoms with E-state index in [-0.39, 0.29) is 13.2 Å². The zero-order valence-corrected chi connectivity index (χ0v) is 13.8. The Kier molecular flexibility index (Phi) is 7.83. The molecule has 0 aromatic carbocycles. The van der Waals surface area contributed by atoms with Crippen LogP contribution in [-0.4, -0.2) is 92.7 Å². The first-order valence-electron chi connectivity index (χ1n) is 8.71. The van der Waals surface area contributed by atoms with Crippen LogP contribution in [0.3, 0.4) is 0 Å². The van der Waals surface area contributed by atoms with E-state index in [2.05, 4.69) is 0 Å². The molecule has 2 heterocycles. The van der Waals surface area contributed by atoms with Crippen molar-refractivity contribution in [2.24, 2.45) is 0 Å². The summed E-state index contributed by atoms with van der Waals surface area (Å²) in [6.07, 6.45) is -2.08. The van der Waals surface area contributed by atoms with Crippen molar-refractivity contribution in [3.63, 3.8) is 0 Å². The van der Waals surface area contributed by atoms with Gasteiger partial charge in [0.25, 0.3) is 0 Å². The monoisotopic (exact) mass is 350 g/mol. The molecule has 6 N–H and O–H groups in total. The lowest BCUT2D eigenvalue weighted by atomic mass is 9.99. The lowest BCUT2D eigenvalue weighted by molar-refractivity contribution is -0.0995. The molecule has 8 atom stereocenters. The number of hydrogen-bond donors (Lipinski definition) is 6. The number of ether oxygens (including phenoxy) is 2. The van der Waals surface area contributed by atoms with Gasteiger partial charge in [0.05, 0.1) is 49.8 Å². The highest BCUT2D eigenvalue weighted by Crippen LogP contribution is 2.29. The molecule has 0 bridgehead atoms. The molecule has 2 fully saturated rings. The molecule has 0 amide bonds. The lowest BCUT2D eigenvalue weighted by Gasteiger charge is -2.24. The fraction of sp³-hybridized carbons (Fsp3) is 1.00. The summed E-state index contributed by atoms with van der Waals surface area (Å²) in [5.41, 5.74) is 0. The summed E-state index contributed by atoms with van der Waals surface area (Å²) in [5.74, 6) is 0. The number of hydrogen-bond acceptors (Lipinski definition) is 8. The van der Waals surface area contributed by atoms with E-state index in [1.807, 2.05) is 0 Å². The van der Waals surface area contributed by atoms with Crippen LogP contribution >= 0.6 is 0 Å². The van der Waals surface area contributed by atoms with Gasteiger partial charge < -0.3 is 40.1 Å². The Labute approximate surface area is 141 Å². The van der Waals surface area contributed by atoms with Gasteiger partial charge in [-0.25, -0.2) is 0 Å². The van der Waals surface area contributed by atoms with Crippen molar-refractivity contribution in [3.05, 3.63) is 0 Å². The van der Waals surface area contributed by atoms with E-state index in [1.165, 1.54) is 0 Å². The topological polar surface area (TPSA) is 140 Å². The standard InChI is InChI=1S/C16H30O8/c17-7-11(21)15-5-3-13(23-15)9(19)1-2-10(20)14-4-6-16(24-14)12(22)8-18/h9-22H,1-8H2/t9-,10-,11-,12-,13-,14-,15+,16+/m0/s1. The molecular weight excluding hydrogens is 320 g/mol. The van der Waals surface area contributed by atoms with Crippen LogP contribution in [0.4, 0.5) is 0 Å². The summed E-state index contributed by atoms with van der Waals surface area (Å²) in [5, 5.41) is 57.4. The zero-order valence-electron chi connectivity index (χ0n) is 13.8. The van der Waals surface area contributed by atoms with Crippen molar-refractivity contribution in [2.75, 3.05) is 13.2 Å². The van der Waals surface area contributed by atoms with Gasteiger partial charge in [-0.15, -0.1) is 0 Å². The molecule has 0 radical (unpaired) electrons. The van der Waals surface area contributed by atoms with Gasteiger partial charge in [-0.1, -0.05) is 0 Å². The van der Waals surface area contributed by atoms with Gasteiger partial charge in [0.2, 0.25) is 0 Å². The van der Waals surface area contributed by atoms with E-state index in [1.54, 1.807) is 0 Å². The quantitative estimate of drug-likeness (QED) is 0.289. The third kappa shape index (κ3) is 5.09. The Balaban J connectivity index is 1.69. The molecule has 2 saturated heterocycles. The Hall–Kier alpha value is -0.320. The van der Waals surface area contributed by atoms with Gasteiger partial charge in [0, 0.05) is 0 Å². The largest absolute Gasteiger partial charge is 0.394 e. The van der Waals surface area contributed by atoms with Crippen LogP contribution in [0.25, 0.3) is 0 Å². The molecule has 142 valence electrons. The highest BCUT2D eigenvalue weighted by molar-refractivity contribution is 4.86. The van der Waals surface area contributed by atoms with E-state index in [9.17, 15) is 20.4 Å². The summed E-state index contributed by atoms with van der Waals surface area (Å²) in [6.45, 7) is -0.738. The fourth-order valence-electron chi connectivity index (χ4n) is 3.46. The Morgan fingerprint density at radius 2 is 0.875 bits per heavy atom. The second-order valence-corrected chi connectivity index (χ2v) is 6.79. The van der Waals surface area contributed by atoms with E-state index in [4.69, 9.17) is 19.7 Å². The maximum atomic E-state index is 10.2.